The van der Waals surface area contributed by atoms with Crippen LogP contribution in [0.4, 0.5) is 0 Å². The van der Waals surface area contributed by atoms with E-state index in [0.29, 0.717) is 17.4 Å². The van der Waals surface area contributed by atoms with Crippen molar-refractivity contribution in [2.24, 2.45) is 22.2 Å². The van der Waals surface area contributed by atoms with Crippen molar-refractivity contribution >= 4 is 17.5 Å². The van der Waals surface area contributed by atoms with E-state index in [1.807, 2.05) is 6.92 Å². The number of amides is 1. The lowest BCUT2D eigenvalue weighted by Gasteiger charge is -2.64. The summed E-state index contributed by atoms with van der Waals surface area (Å²) >= 11 is 5.97. The minimum Gasteiger partial charge on any atom is -0.354 e. The summed E-state index contributed by atoms with van der Waals surface area (Å²) in [5.41, 5.74) is 0.713. The van der Waals surface area contributed by atoms with Crippen molar-refractivity contribution in [2.75, 3.05) is 6.54 Å². The van der Waals surface area contributed by atoms with Gasteiger partial charge in [0.1, 0.15) is 0 Å². The van der Waals surface area contributed by atoms with E-state index >= 15 is 0 Å². The minimum absolute atomic E-state index is 0.0176. The summed E-state index contributed by atoms with van der Waals surface area (Å²) in [6, 6.07) is 0. The van der Waals surface area contributed by atoms with Gasteiger partial charge >= 0.3 is 0 Å². The molecule has 3 atom stereocenters. The Kier molecular flexibility index (Phi) is 2.98. The van der Waals surface area contributed by atoms with Crippen LogP contribution < -0.4 is 5.32 Å². The Morgan fingerprint density at radius 1 is 1.21 bits per heavy atom. The van der Waals surface area contributed by atoms with Crippen LogP contribution in [0.2, 0.25) is 0 Å². The second-order valence-electron chi connectivity index (χ2n) is 8.40. The van der Waals surface area contributed by atoms with E-state index in [9.17, 15) is 4.79 Å². The number of halogens is 1. The first-order valence-electron chi connectivity index (χ1n) is 7.67. The fraction of sp³-hybridized carbons (Fsp3) is 0.938. The molecule has 4 saturated carbocycles. The van der Waals surface area contributed by atoms with Gasteiger partial charge in [0.15, 0.2) is 0 Å². The summed E-state index contributed by atoms with van der Waals surface area (Å²) in [6.07, 6.45) is 7.29. The highest BCUT2D eigenvalue weighted by Gasteiger charge is 2.62. The normalized spacial score (nSPS) is 49.2. The van der Waals surface area contributed by atoms with Gasteiger partial charge in [-0.25, -0.2) is 0 Å². The lowest BCUT2D eigenvalue weighted by molar-refractivity contribution is -0.170. The van der Waals surface area contributed by atoms with Gasteiger partial charge in [-0.3, -0.25) is 4.79 Å². The maximum atomic E-state index is 12.7. The van der Waals surface area contributed by atoms with Gasteiger partial charge in [-0.1, -0.05) is 13.8 Å². The van der Waals surface area contributed by atoms with Gasteiger partial charge in [0.25, 0.3) is 0 Å². The average molecular weight is 284 g/mol. The van der Waals surface area contributed by atoms with Crippen molar-refractivity contribution in [1.29, 1.82) is 0 Å². The summed E-state index contributed by atoms with van der Waals surface area (Å²) in [5.74, 6) is 1.05. The quantitative estimate of drug-likeness (QED) is 0.786. The zero-order valence-electron chi connectivity index (χ0n) is 12.4. The lowest BCUT2D eigenvalue weighted by atomic mass is 9.40. The van der Waals surface area contributed by atoms with Crippen LogP contribution in [-0.2, 0) is 4.79 Å². The summed E-state index contributed by atoms with van der Waals surface area (Å²) < 4.78 is 0. The van der Waals surface area contributed by atoms with Crippen LogP contribution in [0.15, 0.2) is 0 Å². The molecular weight excluding hydrogens is 258 g/mol. The van der Waals surface area contributed by atoms with Crippen LogP contribution >= 0.6 is 11.6 Å². The van der Waals surface area contributed by atoms with E-state index in [0.717, 1.165) is 25.2 Å². The predicted molar refractivity (Wildman–Crippen MR) is 78.2 cm³/mol. The predicted octanol–water partition coefficient (Wildman–Crippen LogP) is 3.73. The van der Waals surface area contributed by atoms with E-state index in [1.54, 1.807) is 0 Å². The molecule has 2 nitrogen and oxygen atoms in total. The number of rotatable bonds is 3. The minimum atomic E-state index is -0.0886. The number of carbonyl (C=O) groups is 1. The SMILES string of the molecule is CC(Cl)CNC(=O)C12CC3CC(C)(CC(C)(C3)C1)C2. The van der Waals surface area contributed by atoms with Gasteiger partial charge in [-0.15, -0.1) is 11.6 Å². The first-order chi connectivity index (χ1) is 8.74. The Labute approximate surface area is 121 Å². The third-order valence-corrected chi connectivity index (χ3v) is 5.81. The molecule has 3 heteroatoms. The molecule has 1 amide bonds. The molecule has 3 unspecified atom stereocenters. The van der Waals surface area contributed by atoms with Crippen LogP contribution in [0.3, 0.4) is 0 Å². The van der Waals surface area contributed by atoms with Crippen molar-refractivity contribution in [3.8, 4) is 0 Å². The molecule has 0 aromatic rings. The lowest BCUT2D eigenvalue weighted by Crippen LogP contribution is -2.60. The van der Waals surface area contributed by atoms with Crippen LogP contribution in [0.1, 0.15) is 59.3 Å². The average Bonchev–Trinajstić information content (AvgIpc) is 2.20. The molecule has 19 heavy (non-hydrogen) atoms. The number of hydrogen-bond acceptors (Lipinski definition) is 1. The van der Waals surface area contributed by atoms with Crippen molar-refractivity contribution in [3.05, 3.63) is 0 Å². The van der Waals surface area contributed by atoms with Crippen molar-refractivity contribution in [2.45, 2.75) is 64.7 Å². The van der Waals surface area contributed by atoms with E-state index in [2.05, 4.69) is 19.2 Å². The summed E-state index contributed by atoms with van der Waals surface area (Å²) in [6.45, 7) is 7.34. The highest BCUT2D eigenvalue weighted by molar-refractivity contribution is 6.20. The molecule has 0 spiro atoms. The van der Waals surface area contributed by atoms with Gasteiger partial charge in [0.2, 0.25) is 5.91 Å². The van der Waals surface area contributed by atoms with Crippen LogP contribution in [0.5, 0.6) is 0 Å². The van der Waals surface area contributed by atoms with Gasteiger partial charge in [0, 0.05) is 11.9 Å². The second-order valence-corrected chi connectivity index (χ2v) is 9.15. The molecule has 1 N–H and O–H groups in total. The van der Waals surface area contributed by atoms with Crippen LogP contribution in [-0.4, -0.2) is 17.8 Å². The Morgan fingerprint density at radius 3 is 2.26 bits per heavy atom. The number of alkyl halides is 1. The van der Waals surface area contributed by atoms with Crippen LogP contribution in [0.25, 0.3) is 0 Å². The highest BCUT2D eigenvalue weighted by Crippen LogP contribution is 2.69. The van der Waals surface area contributed by atoms with E-state index in [4.69, 9.17) is 11.6 Å². The third kappa shape index (κ3) is 2.30. The summed E-state index contributed by atoms with van der Waals surface area (Å²) in [5, 5.41) is 3.12. The monoisotopic (exact) mass is 283 g/mol. The molecular formula is C16H26ClNO. The molecule has 4 fully saturated rings. The molecule has 4 bridgehead atoms. The molecule has 4 rings (SSSR count). The smallest absolute Gasteiger partial charge is 0.226 e. The summed E-state index contributed by atoms with van der Waals surface area (Å²) in [7, 11) is 0. The molecule has 0 radical (unpaired) electrons. The molecule has 0 aromatic heterocycles. The maximum Gasteiger partial charge on any atom is 0.226 e. The Bertz CT molecular complexity index is 388. The van der Waals surface area contributed by atoms with Crippen molar-refractivity contribution < 1.29 is 4.79 Å². The number of hydrogen-bond donors (Lipinski definition) is 1. The molecule has 0 aliphatic heterocycles. The molecule has 4 aliphatic carbocycles. The molecule has 108 valence electrons. The molecule has 4 aliphatic rings. The van der Waals surface area contributed by atoms with E-state index in [-0.39, 0.29) is 16.7 Å². The van der Waals surface area contributed by atoms with Gasteiger partial charge in [-0.05, 0) is 62.2 Å². The second kappa shape index (κ2) is 4.13. The van der Waals surface area contributed by atoms with E-state index in [1.165, 1.54) is 19.3 Å². The highest BCUT2D eigenvalue weighted by atomic mass is 35.5. The number of carbonyl (C=O) groups excluding carboxylic acids is 1. The molecule has 0 saturated heterocycles. The zero-order valence-corrected chi connectivity index (χ0v) is 13.1. The molecule has 0 heterocycles. The van der Waals surface area contributed by atoms with E-state index < -0.39 is 0 Å². The fourth-order valence-electron chi connectivity index (χ4n) is 6.12. The van der Waals surface area contributed by atoms with Crippen molar-refractivity contribution in [1.82, 2.24) is 5.32 Å². The Hall–Kier alpha value is -0.240. The standard InChI is InChI=1S/C16H26ClNO/c1-11(17)7-18-13(19)16-6-12-4-14(2,9-16)8-15(3,5-12)10-16/h11-12H,4-10H2,1-3H3,(H,18,19). The third-order valence-electron chi connectivity index (χ3n) is 5.65. The van der Waals surface area contributed by atoms with Gasteiger partial charge < -0.3 is 5.32 Å². The zero-order chi connectivity index (χ0) is 13.9. The summed E-state index contributed by atoms with van der Waals surface area (Å²) in [4.78, 5) is 12.7. The fourth-order valence-corrected chi connectivity index (χ4v) is 6.20. The largest absolute Gasteiger partial charge is 0.354 e. The van der Waals surface area contributed by atoms with Crippen molar-refractivity contribution in [3.63, 3.8) is 0 Å². The maximum absolute atomic E-state index is 12.7. The van der Waals surface area contributed by atoms with Gasteiger partial charge in [-0.2, -0.15) is 0 Å². The Balaban J connectivity index is 1.82. The number of nitrogens with one attached hydrogen (secondary N) is 1. The first-order valence-corrected chi connectivity index (χ1v) is 8.10. The topological polar surface area (TPSA) is 29.1 Å². The van der Waals surface area contributed by atoms with Crippen LogP contribution in [0, 0.1) is 22.2 Å². The first kappa shape index (κ1) is 13.7. The van der Waals surface area contributed by atoms with Gasteiger partial charge in [0.05, 0.1) is 5.41 Å². The Morgan fingerprint density at radius 2 is 1.79 bits per heavy atom. The molecule has 0 aromatic carbocycles.